The fraction of sp³-hybridized carbons (Fsp3) is 0.273. The molecule has 0 N–H and O–H groups in total. The predicted molar refractivity (Wildman–Crippen MR) is 119 cm³/mol. The van der Waals surface area contributed by atoms with E-state index in [1.807, 2.05) is 53.4 Å². The first-order valence-corrected chi connectivity index (χ1v) is 10.5. The van der Waals surface area contributed by atoms with E-state index in [0.29, 0.717) is 23.4 Å². The largest absolute Gasteiger partial charge is 0.497 e. The Balaban J connectivity index is 1.50. The number of halogens is 1. The van der Waals surface area contributed by atoms with Crippen molar-refractivity contribution in [1.29, 1.82) is 0 Å². The monoisotopic (exact) mass is 470 g/mol. The van der Waals surface area contributed by atoms with Gasteiger partial charge < -0.3 is 19.3 Å². The highest BCUT2D eigenvalue weighted by Crippen LogP contribution is 2.29. The van der Waals surface area contributed by atoms with Crippen LogP contribution < -0.4 is 14.4 Å². The third-order valence-corrected chi connectivity index (χ3v) is 5.56. The molecule has 3 aromatic rings. The van der Waals surface area contributed by atoms with Crippen LogP contribution in [0.15, 0.2) is 59.2 Å². The first-order valence-electron chi connectivity index (χ1n) is 9.67. The number of nitrogens with zero attached hydrogens (tertiary/aromatic N) is 4. The molecule has 1 aliphatic heterocycles. The zero-order valence-corrected chi connectivity index (χ0v) is 18.5. The minimum Gasteiger partial charge on any atom is -0.497 e. The lowest BCUT2D eigenvalue weighted by atomic mass is 10.2. The Kier molecular flexibility index (Phi) is 5.94. The van der Waals surface area contributed by atoms with E-state index < -0.39 is 0 Å². The van der Waals surface area contributed by atoms with Gasteiger partial charge in [-0.05, 0) is 28.1 Å². The van der Waals surface area contributed by atoms with Gasteiger partial charge in [0, 0.05) is 56.1 Å². The van der Waals surface area contributed by atoms with Crippen LogP contribution in [0.25, 0.3) is 5.69 Å². The molecule has 1 fully saturated rings. The molecule has 0 aliphatic carbocycles. The predicted octanol–water partition coefficient (Wildman–Crippen LogP) is 3.61. The van der Waals surface area contributed by atoms with Crippen molar-refractivity contribution < 1.29 is 14.3 Å². The van der Waals surface area contributed by atoms with E-state index in [4.69, 9.17) is 9.47 Å². The maximum atomic E-state index is 13.2. The van der Waals surface area contributed by atoms with Crippen LogP contribution in [0.1, 0.15) is 10.5 Å². The summed E-state index contributed by atoms with van der Waals surface area (Å²) >= 11 is 3.41. The van der Waals surface area contributed by atoms with Crippen LogP contribution >= 0.6 is 15.9 Å². The maximum absolute atomic E-state index is 13.2. The maximum Gasteiger partial charge on any atom is 0.272 e. The molecule has 0 unspecified atom stereocenters. The number of anilines is 1. The number of hydrogen-bond donors (Lipinski definition) is 0. The minimum absolute atomic E-state index is 0.0278. The molecule has 1 aromatic heterocycles. The summed E-state index contributed by atoms with van der Waals surface area (Å²) in [5.41, 5.74) is 2.42. The Morgan fingerprint density at radius 1 is 0.900 bits per heavy atom. The van der Waals surface area contributed by atoms with Gasteiger partial charge in [-0.3, -0.25) is 4.79 Å². The molecule has 8 heteroatoms. The molecule has 7 nitrogen and oxygen atoms in total. The number of para-hydroxylation sites is 1. The quantitative estimate of drug-likeness (QED) is 0.569. The summed E-state index contributed by atoms with van der Waals surface area (Å²) in [6.45, 7) is 2.69. The van der Waals surface area contributed by atoms with Gasteiger partial charge in [0.25, 0.3) is 5.91 Å². The number of amides is 1. The number of hydrogen-bond acceptors (Lipinski definition) is 5. The highest BCUT2D eigenvalue weighted by Gasteiger charge is 2.26. The average Bonchev–Trinajstić information content (AvgIpc) is 3.20. The normalized spacial score (nSPS) is 14.0. The van der Waals surface area contributed by atoms with E-state index in [1.165, 1.54) is 0 Å². The molecule has 2 heterocycles. The van der Waals surface area contributed by atoms with Crippen LogP contribution in [0, 0.1) is 0 Å². The third kappa shape index (κ3) is 4.14. The Morgan fingerprint density at radius 3 is 2.13 bits per heavy atom. The number of rotatable bonds is 5. The lowest BCUT2D eigenvalue weighted by Crippen LogP contribution is -2.49. The average molecular weight is 471 g/mol. The van der Waals surface area contributed by atoms with Crippen molar-refractivity contribution in [2.75, 3.05) is 45.3 Å². The number of benzene rings is 2. The van der Waals surface area contributed by atoms with Gasteiger partial charge in [0.15, 0.2) is 0 Å². The number of methoxy groups -OCH3 is 2. The molecule has 0 spiro atoms. The second kappa shape index (κ2) is 8.79. The zero-order valence-electron chi connectivity index (χ0n) is 16.9. The first kappa shape index (κ1) is 20.3. The van der Waals surface area contributed by atoms with Crippen molar-refractivity contribution in [1.82, 2.24) is 14.7 Å². The summed E-state index contributed by atoms with van der Waals surface area (Å²) in [4.78, 5) is 17.3. The van der Waals surface area contributed by atoms with Crippen LogP contribution in [0.5, 0.6) is 11.5 Å². The van der Waals surface area contributed by atoms with Gasteiger partial charge in [-0.25, -0.2) is 4.68 Å². The summed E-state index contributed by atoms with van der Waals surface area (Å²) in [5.74, 6) is 1.47. The molecular weight excluding hydrogens is 448 g/mol. The van der Waals surface area contributed by atoms with E-state index in [-0.39, 0.29) is 5.91 Å². The molecule has 30 heavy (non-hydrogen) atoms. The number of carbonyl (C=O) groups is 1. The topological polar surface area (TPSA) is 59.8 Å². The second-order valence-corrected chi connectivity index (χ2v) is 7.76. The molecule has 0 saturated carbocycles. The number of ether oxygens (including phenoxy) is 2. The summed E-state index contributed by atoms with van der Waals surface area (Å²) in [7, 11) is 3.28. The summed E-state index contributed by atoms with van der Waals surface area (Å²) in [5, 5.41) is 4.45. The van der Waals surface area contributed by atoms with Crippen LogP contribution in [0.3, 0.4) is 0 Å². The van der Waals surface area contributed by atoms with Crippen molar-refractivity contribution >= 4 is 27.5 Å². The second-order valence-electron chi connectivity index (χ2n) is 6.95. The van der Waals surface area contributed by atoms with Crippen molar-refractivity contribution in [2.45, 2.75) is 0 Å². The van der Waals surface area contributed by atoms with Gasteiger partial charge in [-0.2, -0.15) is 5.10 Å². The molecule has 156 valence electrons. The van der Waals surface area contributed by atoms with Gasteiger partial charge in [-0.1, -0.05) is 18.2 Å². The molecule has 1 amide bonds. The van der Waals surface area contributed by atoms with Gasteiger partial charge in [0.1, 0.15) is 21.8 Å². The molecule has 1 aliphatic rings. The zero-order chi connectivity index (χ0) is 21.1. The lowest BCUT2D eigenvalue weighted by Gasteiger charge is -2.36. The molecule has 0 bridgehead atoms. The number of piperazine rings is 1. The third-order valence-electron chi connectivity index (χ3n) is 5.17. The highest BCUT2D eigenvalue weighted by molar-refractivity contribution is 9.10. The molecule has 2 aromatic carbocycles. The van der Waals surface area contributed by atoms with E-state index in [1.54, 1.807) is 25.0 Å². The van der Waals surface area contributed by atoms with Crippen LogP contribution in [-0.4, -0.2) is 61.0 Å². The summed E-state index contributed by atoms with van der Waals surface area (Å²) < 4.78 is 13.1. The van der Waals surface area contributed by atoms with Crippen molar-refractivity contribution in [3.05, 3.63) is 64.9 Å². The lowest BCUT2D eigenvalue weighted by molar-refractivity contribution is 0.0737. The van der Waals surface area contributed by atoms with Crippen molar-refractivity contribution in [2.24, 2.45) is 0 Å². The Bertz CT molecular complexity index is 1010. The van der Waals surface area contributed by atoms with E-state index in [2.05, 4.69) is 25.9 Å². The van der Waals surface area contributed by atoms with E-state index in [9.17, 15) is 4.79 Å². The smallest absolute Gasteiger partial charge is 0.272 e. The van der Waals surface area contributed by atoms with Gasteiger partial charge >= 0.3 is 0 Å². The molecule has 1 saturated heterocycles. The molecule has 4 rings (SSSR count). The fourth-order valence-corrected chi connectivity index (χ4v) is 3.95. The summed E-state index contributed by atoms with van der Waals surface area (Å²) in [6.07, 6.45) is 0. The van der Waals surface area contributed by atoms with E-state index >= 15 is 0 Å². The van der Waals surface area contributed by atoms with Crippen LogP contribution in [-0.2, 0) is 0 Å². The SMILES string of the molecule is COc1cc(OC)cc(N2CCN(C(=O)c3cc(Br)nn3-c3ccccc3)CC2)c1. The van der Waals surface area contributed by atoms with Crippen molar-refractivity contribution in [3.63, 3.8) is 0 Å². The van der Waals surface area contributed by atoms with Gasteiger partial charge in [0.2, 0.25) is 0 Å². The standard InChI is InChI=1S/C22H23BrN4O3/c1-29-18-12-17(13-19(14-18)30-2)25-8-10-26(11-9-25)22(28)20-15-21(23)24-27(20)16-6-4-3-5-7-16/h3-7,12-15H,8-11H2,1-2H3. The van der Waals surface area contributed by atoms with Gasteiger partial charge in [0.05, 0.1) is 19.9 Å². The van der Waals surface area contributed by atoms with Crippen LogP contribution in [0.4, 0.5) is 5.69 Å². The first-order chi connectivity index (χ1) is 14.6. The Hall–Kier alpha value is -3.00. The number of aromatic nitrogens is 2. The molecule has 0 radical (unpaired) electrons. The highest BCUT2D eigenvalue weighted by atomic mass is 79.9. The fourth-order valence-electron chi connectivity index (χ4n) is 3.58. The van der Waals surface area contributed by atoms with Gasteiger partial charge in [-0.15, -0.1) is 0 Å². The Morgan fingerprint density at radius 2 is 1.53 bits per heavy atom. The summed E-state index contributed by atoms with van der Waals surface area (Å²) in [6, 6.07) is 17.3. The van der Waals surface area contributed by atoms with Crippen molar-refractivity contribution in [3.8, 4) is 17.2 Å². The minimum atomic E-state index is -0.0278. The van der Waals surface area contributed by atoms with Crippen LogP contribution in [0.2, 0.25) is 0 Å². The number of carbonyl (C=O) groups excluding carboxylic acids is 1. The molecule has 0 atom stereocenters. The van der Waals surface area contributed by atoms with E-state index in [0.717, 1.165) is 36.0 Å². The molecular formula is C22H23BrN4O3. The Labute approximate surface area is 183 Å².